The molecule has 1 fully saturated rings. The molecule has 2 aromatic rings. The maximum atomic E-state index is 8.90. The van der Waals surface area contributed by atoms with E-state index >= 15 is 0 Å². The average molecular weight is 270 g/mol. The summed E-state index contributed by atoms with van der Waals surface area (Å²) in [5, 5.41) is 9.85. The molecule has 0 atom stereocenters. The van der Waals surface area contributed by atoms with Gasteiger partial charge >= 0.3 is 0 Å². The minimum atomic E-state index is 0.598. The van der Waals surface area contributed by atoms with Crippen LogP contribution in [0.2, 0.25) is 0 Å². The van der Waals surface area contributed by atoms with Crippen molar-refractivity contribution in [3.05, 3.63) is 41.2 Å². The van der Waals surface area contributed by atoms with Gasteiger partial charge in [0, 0.05) is 31.0 Å². The molecule has 0 amide bonds. The molecule has 3 rings (SSSR count). The molecule has 0 N–H and O–H groups in total. The zero-order valence-corrected chi connectivity index (χ0v) is 11.5. The minimum Gasteiger partial charge on any atom is -0.346 e. The highest BCUT2D eigenvalue weighted by Gasteiger charge is 2.28. The molecular weight excluding hydrogens is 256 g/mol. The lowest BCUT2D eigenvalue weighted by atomic mass is 10.1. The van der Waals surface area contributed by atoms with E-state index in [0.717, 1.165) is 23.1 Å². The molecule has 0 saturated heterocycles. The first-order valence-electron chi connectivity index (χ1n) is 6.30. The second kappa shape index (κ2) is 4.98. The monoisotopic (exact) mass is 270 g/mol. The summed E-state index contributed by atoms with van der Waals surface area (Å²) in [7, 11) is 2.01. The lowest BCUT2D eigenvalue weighted by molar-refractivity contribution is 0.895. The van der Waals surface area contributed by atoms with E-state index in [0.29, 0.717) is 11.5 Å². The second-order valence-corrected chi connectivity index (χ2v) is 5.61. The number of rotatable bonds is 4. The van der Waals surface area contributed by atoms with Crippen molar-refractivity contribution >= 4 is 16.7 Å². The normalized spacial score (nSPS) is 14.1. The third-order valence-electron chi connectivity index (χ3n) is 3.18. The van der Waals surface area contributed by atoms with Gasteiger partial charge in [0.15, 0.2) is 0 Å². The Hall–Kier alpha value is -1.93. The van der Waals surface area contributed by atoms with Crippen LogP contribution in [0.1, 0.15) is 35.7 Å². The Bertz CT molecular complexity index is 624. The maximum absolute atomic E-state index is 8.90. The molecule has 1 aliphatic rings. The van der Waals surface area contributed by atoms with Gasteiger partial charge in [0.05, 0.1) is 11.6 Å². The van der Waals surface area contributed by atoms with Gasteiger partial charge in [-0.25, -0.2) is 4.98 Å². The highest BCUT2D eigenvalue weighted by molar-refractivity contribution is 7.09. The molecule has 0 spiro atoms. The molecule has 1 heterocycles. The highest BCUT2D eigenvalue weighted by atomic mass is 32.1. The Kier molecular flexibility index (Phi) is 3.18. The smallest absolute Gasteiger partial charge is 0.205 e. The van der Waals surface area contributed by atoms with E-state index in [9.17, 15) is 0 Å². The molecule has 19 heavy (non-hydrogen) atoms. The zero-order chi connectivity index (χ0) is 13.2. The predicted molar refractivity (Wildman–Crippen MR) is 75.1 cm³/mol. The Morgan fingerprint density at radius 3 is 3.05 bits per heavy atom. The number of nitrogens with zero attached hydrogens (tertiary/aromatic N) is 4. The SMILES string of the molecule is CN(Cc1cccc(C#N)c1)c1nc(C2CC2)ns1. The third-order valence-corrected chi connectivity index (χ3v) is 4.02. The summed E-state index contributed by atoms with van der Waals surface area (Å²) >= 11 is 1.45. The maximum Gasteiger partial charge on any atom is 0.205 e. The summed E-state index contributed by atoms with van der Waals surface area (Å²) < 4.78 is 4.41. The molecule has 1 aromatic carbocycles. The summed E-state index contributed by atoms with van der Waals surface area (Å²) in [5.41, 5.74) is 1.81. The number of nitriles is 1. The van der Waals surface area contributed by atoms with Gasteiger partial charge in [-0.15, -0.1) is 0 Å². The number of anilines is 1. The van der Waals surface area contributed by atoms with Crippen LogP contribution < -0.4 is 4.90 Å². The summed E-state index contributed by atoms with van der Waals surface area (Å²) in [5.74, 6) is 1.60. The lowest BCUT2D eigenvalue weighted by Crippen LogP contribution is -2.16. The van der Waals surface area contributed by atoms with Crippen LogP contribution in [0.5, 0.6) is 0 Å². The van der Waals surface area contributed by atoms with Gasteiger partial charge in [-0.1, -0.05) is 12.1 Å². The summed E-state index contributed by atoms with van der Waals surface area (Å²) in [6, 6.07) is 9.84. The van der Waals surface area contributed by atoms with Gasteiger partial charge in [0.1, 0.15) is 5.82 Å². The zero-order valence-electron chi connectivity index (χ0n) is 10.7. The van der Waals surface area contributed by atoms with Gasteiger partial charge in [-0.2, -0.15) is 9.64 Å². The van der Waals surface area contributed by atoms with Crippen LogP contribution in [0.15, 0.2) is 24.3 Å². The van der Waals surface area contributed by atoms with Crippen molar-refractivity contribution in [1.82, 2.24) is 9.36 Å². The molecule has 96 valence electrons. The number of hydrogen-bond acceptors (Lipinski definition) is 5. The largest absolute Gasteiger partial charge is 0.346 e. The van der Waals surface area contributed by atoms with Crippen molar-refractivity contribution in [1.29, 1.82) is 5.26 Å². The molecule has 1 saturated carbocycles. The Morgan fingerprint density at radius 2 is 2.32 bits per heavy atom. The van der Waals surface area contributed by atoms with E-state index in [1.807, 2.05) is 31.3 Å². The van der Waals surface area contributed by atoms with Crippen molar-refractivity contribution in [2.24, 2.45) is 0 Å². The average Bonchev–Trinajstić information content (AvgIpc) is 3.16. The number of hydrogen-bond donors (Lipinski definition) is 0. The second-order valence-electron chi connectivity index (χ2n) is 4.88. The Balaban J connectivity index is 1.72. The summed E-state index contributed by atoms with van der Waals surface area (Å²) in [6.45, 7) is 0.745. The predicted octanol–water partition coefficient (Wildman–Crippen LogP) is 2.92. The van der Waals surface area contributed by atoms with Crippen molar-refractivity contribution < 1.29 is 0 Å². The summed E-state index contributed by atoms with van der Waals surface area (Å²) in [4.78, 5) is 6.66. The Labute approximate surface area is 116 Å². The van der Waals surface area contributed by atoms with Crippen molar-refractivity contribution in [3.63, 3.8) is 0 Å². The fourth-order valence-electron chi connectivity index (χ4n) is 1.97. The molecule has 0 aliphatic heterocycles. The molecular formula is C14H14N4S. The van der Waals surface area contributed by atoms with Crippen LogP contribution in [-0.4, -0.2) is 16.4 Å². The van der Waals surface area contributed by atoms with Gasteiger partial charge < -0.3 is 4.90 Å². The van der Waals surface area contributed by atoms with E-state index in [1.165, 1.54) is 24.4 Å². The molecule has 0 unspecified atom stereocenters. The standard InChI is InChI=1S/C14H14N4S/c1-18(9-11-4-2-3-10(7-11)8-15)14-16-13(17-19-14)12-5-6-12/h2-4,7,12H,5-6,9H2,1H3. The van der Waals surface area contributed by atoms with Gasteiger partial charge in [0.2, 0.25) is 5.13 Å². The van der Waals surface area contributed by atoms with Crippen molar-refractivity contribution in [2.75, 3.05) is 11.9 Å². The highest BCUT2D eigenvalue weighted by Crippen LogP contribution is 2.39. The molecule has 4 nitrogen and oxygen atoms in total. The van der Waals surface area contributed by atoms with Gasteiger partial charge in [0.25, 0.3) is 0 Å². The van der Waals surface area contributed by atoms with E-state index in [-0.39, 0.29) is 0 Å². The first-order valence-corrected chi connectivity index (χ1v) is 7.07. The van der Waals surface area contributed by atoms with E-state index < -0.39 is 0 Å². The molecule has 0 radical (unpaired) electrons. The van der Waals surface area contributed by atoms with Crippen LogP contribution in [0.4, 0.5) is 5.13 Å². The first-order chi connectivity index (χ1) is 9.26. The number of aromatic nitrogens is 2. The third kappa shape index (κ3) is 2.74. The van der Waals surface area contributed by atoms with Crippen molar-refractivity contribution in [2.45, 2.75) is 25.3 Å². The van der Waals surface area contributed by atoms with E-state index in [2.05, 4.69) is 20.3 Å². The summed E-state index contributed by atoms with van der Waals surface area (Å²) in [6.07, 6.45) is 2.45. The van der Waals surface area contributed by atoms with E-state index in [4.69, 9.17) is 5.26 Å². The minimum absolute atomic E-state index is 0.598. The van der Waals surface area contributed by atoms with Gasteiger partial charge in [-0.3, -0.25) is 0 Å². The van der Waals surface area contributed by atoms with E-state index in [1.54, 1.807) is 0 Å². The molecule has 1 aliphatic carbocycles. The fourth-order valence-corrected chi connectivity index (χ4v) is 2.67. The Morgan fingerprint density at radius 1 is 1.47 bits per heavy atom. The first kappa shape index (κ1) is 12.1. The van der Waals surface area contributed by atoms with Crippen LogP contribution in [0, 0.1) is 11.3 Å². The molecule has 1 aromatic heterocycles. The van der Waals surface area contributed by atoms with Crippen LogP contribution in [0.25, 0.3) is 0 Å². The number of benzene rings is 1. The topological polar surface area (TPSA) is 52.8 Å². The van der Waals surface area contributed by atoms with Crippen LogP contribution >= 0.6 is 11.5 Å². The fraction of sp³-hybridized carbons (Fsp3) is 0.357. The van der Waals surface area contributed by atoms with Crippen molar-refractivity contribution in [3.8, 4) is 6.07 Å². The van der Waals surface area contributed by atoms with Crippen LogP contribution in [0.3, 0.4) is 0 Å². The quantitative estimate of drug-likeness (QED) is 0.857. The van der Waals surface area contributed by atoms with Crippen LogP contribution in [-0.2, 0) is 6.54 Å². The molecule has 0 bridgehead atoms. The van der Waals surface area contributed by atoms with Gasteiger partial charge in [-0.05, 0) is 30.5 Å². The lowest BCUT2D eigenvalue weighted by Gasteiger charge is -2.15. The molecule has 5 heteroatoms.